The Labute approximate surface area is 124 Å². The van der Waals surface area contributed by atoms with Gasteiger partial charge in [0.2, 0.25) is 5.91 Å². The van der Waals surface area contributed by atoms with Crippen LogP contribution in [0.2, 0.25) is 0 Å². The van der Waals surface area contributed by atoms with Crippen LogP contribution in [0.3, 0.4) is 0 Å². The molecule has 1 amide bonds. The van der Waals surface area contributed by atoms with Gasteiger partial charge in [-0.25, -0.2) is 0 Å². The second-order valence-corrected chi connectivity index (χ2v) is 6.24. The molecule has 0 aromatic heterocycles. The Kier molecular flexibility index (Phi) is 6.07. The van der Waals surface area contributed by atoms with Gasteiger partial charge in [0.15, 0.2) is 0 Å². The molecular weight excluding hydrogens is 274 g/mol. The Morgan fingerprint density at radius 3 is 2.50 bits per heavy atom. The molecule has 4 nitrogen and oxygen atoms in total. The van der Waals surface area contributed by atoms with Crippen molar-refractivity contribution >= 4 is 29.3 Å². The molecule has 1 aromatic rings. The lowest BCUT2D eigenvalue weighted by Crippen LogP contribution is -2.25. The number of nitrogens with one attached hydrogen (secondary N) is 1. The van der Waals surface area contributed by atoms with Crippen molar-refractivity contribution in [1.29, 1.82) is 0 Å². The molecule has 5 heteroatoms. The summed E-state index contributed by atoms with van der Waals surface area (Å²) in [7, 11) is 0. The summed E-state index contributed by atoms with van der Waals surface area (Å²) >= 11 is 1.16. The van der Waals surface area contributed by atoms with E-state index in [9.17, 15) is 9.59 Å². The number of aliphatic carboxylic acids is 1. The molecular formula is C15H21NO3S. The highest BCUT2D eigenvalue weighted by atomic mass is 32.2. The minimum absolute atomic E-state index is 0.00833. The molecule has 0 aliphatic rings. The van der Waals surface area contributed by atoms with E-state index in [0.29, 0.717) is 0 Å². The van der Waals surface area contributed by atoms with Crippen molar-refractivity contribution in [1.82, 2.24) is 0 Å². The largest absolute Gasteiger partial charge is 0.480 e. The van der Waals surface area contributed by atoms with Gasteiger partial charge in [-0.1, -0.05) is 26.0 Å². The first kappa shape index (κ1) is 16.6. The number of thioether (sulfide) groups is 1. The summed E-state index contributed by atoms with van der Waals surface area (Å²) in [5, 5.41) is 11.3. The van der Waals surface area contributed by atoms with Crippen molar-refractivity contribution in [2.45, 2.75) is 32.9 Å². The van der Waals surface area contributed by atoms with Crippen LogP contribution in [0.25, 0.3) is 0 Å². The van der Waals surface area contributed by atoms with Gasteiger partial charge in [0.25, 0.3) is 0 Å². The summed E-state index contributed by atoms with van der Waals surface area (Å²) in [6, 6.07) is 5.72. The Hall–Kier alpha value is -1.49. The minimum Gasteiger partial charge on any atom is -0.480 e. The molecule has 0 saturated heterocycles. The lowest BCUT2D eigenvalue weighted by molar-refractivity contribution is -0.137. The van der Waals surface area contributed by atoms with E-state index < -0.39 is 11.2 Å². The first-order chi connectivity index (χ1) is 9.32. The maximum Gasteiger partial charge on any atom is 0.316 e. The Bertz CT molecular complexity index is 500. The second kappa shape index (κ2) is 7.33. The van der Waals surface area contributed by atoms with E-state index in [1.54, 1.807) is 0 Å². The van der Waals surface area contributed by atoms with Crippen molar-refractivity contribution in [2.24, 2.45) is 5.92 Å². The van der Waals surface area contributed by atoms with Crippen LogP contribution in [-0.4, -0.2) is 28.0 Å². The van der Waals surface area contributed by atoms with Crippen molar-refractivity contribution in [3.8, 4) is 0 Å². The predicted molar refractivity (Wildman–Crippen MR) is 83.3 cm³/mol. The number of hydrogen-bond donors (Lipinski definition) is 2. The molecule has 0 aliphatic heterocycles. The Balaban J connectivity index is 2.60. The van der Waals surface area contributed by atoms with E-state index in [1.165, 1.54) is 0 Å². The number of carbonyl (C=O) groups excluding carboxylic acids is 1. The van der Waals surface area contributed by atoms with Crippen LogP contribution >= 0.6 is 11.8 Å². The van der Waals surface area contributed by atoms with E-state index in [0.717, 1.165) is 28.6 Å². The molecule has 110 valence electrons. The smallest absolute Gasteiger partial charge is 0.316 e. The minimum atomic E-state index is -0.871. The lowest BCUT2D eigenvalue weighted by atomic mass is 10.1. The van der Waals surface area contributed by atoms with E-state index in [4.69, 9.17) is 5.11 Å². The zero-order chi connectivity index (χ0) is 15.3. The monoisotopic (exact) mass is 295 g/mol. The third-order valence-corrected chi connectivity index (χ3v) is 4.66. The molecule has 0 heterocycles. The average molecular weight is 295 g/mol. The van der Waals surface area contributed by atoms with E-state index in [-0.39, 0.29) is 17.6 Å². The van der Waals surface area contributed by atoms with Crippen LogP contribution in [0.4, 0.5) is 5.69 Å². The lowest BCUT2D eigenvalue weighted by Gasteiger charge is -2.16. The van der Waals surface area contributed by atoms with Gasteiger partial charge >= 0.3 is 5.97 Å². The number of amides is 1. The van der Waals surface area contributed by atoms with Gasteiger partial charge in [0, 0.05) is 5.69 Å². The van der Waals surface area contributed by atoms with E-state index >= 15 is 0 Å². The van der Waals surface area contributed by atoms with Gasteiger partial charge in [-0.15, -0.1) is 11.8 Å². The maximum absolute atomic E-state index is 11.9. The molecule has 0 aliphatic carbocycles. The van der Waals surface area contributed by atoms with Crippen molar-refractivity contribution < 1.29 is 14.7 Å². The highest BCUT2D eigenvalue weighted by molar-refractivity contribution is 8.01. The highest BCUT2D eigenvalue weighted by Crippen LogP contribution is 2.21. The van der Waals surface area contributed by atoms with Crippen molar-refractivity contribution in [3.63, 3.8) is 0 Å². The normalized spacial score (nSPS) is 12.2. The Morgan fingerprint density at radius 2 is 1.95 bits per heavy atom. The number of benzene rings is 1. The number of rotatable bonds is 6. The number of hydrogen-bond acceptors (Lipinski definition) is 3. The van der Waals surface area contributed by atoms with E-state index in [2.05, 4.69) is 5.32 Å². The van der Waals surface area contributed by atoms with Gasteiger partial charge < -0.3 is 10.4 Å². The molecule has 1 unspecified atom stereocenters. The zero-order valence-electron chi connectivity index (χ0n) is 12.3. The molecule has 0 spiro atoms. The number of carboxylic acid groups (broad SMARTS) is 1. The number of anilines is 1. The first-order valence-electron chi connectivity index (χ1n) is 6.53. The molecule has 0 radical (unpaired) electrons. The quantitative estimate of drug-likeness (QED) is 0.846. The molecule has 0 fully saturated rings. The second-order valence-electron chi connectivity index (χ2n) is 5.11. The molecule has 0 bridgehead atoms. The maximum atomic E-state index is 11.9. The summed E-state index contributed by atoms with van der Waals surface area (Å²) < 4.78 is 0. The third-order valence-electron chi connectivity index (χ3n) is 3.12. The van der Waals surface area contributed by atoms with Gasteiger partial charge in [0.1, 0.15) is 5.25 Å². The van der Waals surface area contributed by atoms with Crippen LogP contribution in [0.5, 0.6) is 0 Å². The zero-order valence-corrected chi connectivity index (χ0v) is 13.1. The van der Waals surface area contributed by atoms with Crippen LogP contribution in [0.15, 0.2) is 18.2 Å². The van der Waals surface area contributed by atoms with Crippen molar-refractivity contribution in [3.05, 3.63) is 29.3 Å². The van der Waals surface area contributed by atoms with Crippen LogP contribution < -0.4 is 5.32 Å². The average Bonchev–Trinajstić information content (AvgIpc) is 2.34. The molecule has 2 N–H and O–H groups in total. The van der Waals surface area contributed by atoms with Crippen LogP contribution in [-0.2, 0) is 9.59 Å². The summed E-state index contributed by atoms with van der Waals surface area (Å²) in [5.74, 6) is -0.908. The van der Waals surface area contributed by atoms with Gasteiger partial charge in [-0.2, -0.15) is 0 Å². The molecule has 0 saturated carbocycles. The molecule has 1 aromatic carbocycles. The summed E-state index contributed by atoms with van der Waals surface area (Å²) in [4.78, 5) is 23.0. The fraction of sp³-hybridized carbons (Fsp3) is 0.467. The number of carboxylic acids is 1. The third kappa shape index (κ3) is 4.56. The first-order valence-corrected chi connectivity index (χ1v) is 7.58. The molecule has 1 atom stereocenters. The molecule has 20 heavy (non-hydrogen) atoms. The predicted octanol–water partition coefficient (Wildman–Crippen LogP) is 3.08. The standard InChI is InChI=1S/C15H21NO3S/c1-9(2)14(15(18)19)20-8-13(17)16-12-7-5-6-10(3)11(12)4/h5-7,9,14H,8H2,1-4H3,(H,16,17)(H,18,19). The van der Waals surface area contributed by atoms with E-state index in [1.807, 2.05) is 45.9 Å². The number of aryl methyl sites for hydroxylation is 1. The summed E-state index contributed by atoms with van der Waals surface area (Å²) in [5.41, 5.74) is 2.93. The number of carbonyl (C=O) groups is 2. The van der Waals surface area contributed by atoms with Crippen LogP contribution in [0.1, 0.15) is 25.0 Å². The Morgan fingerprint density at radius 1 is 1.30 bits per heavy atom. The van der Waals surface area contributed by atoms with Gasteiger partial charge in [-0.3, -0.25) is 9.59 Å². The van der Waals surface area contributed by atoms with Crippen molar-refractivity contribution in [2.75, 3.05) is 11.1 Å². The fourth-order valence-corrected chi connectivity index (χ4v) is 2.72. The SMILES string of the molecule is Cc1cccc(NC(=O)CSC(C(=O)O)C(C)C)c1C. The fourth-order valence-electron chi connectivity index (χ4n) is 1.79. The molecule has 1 rings (SSSR count). The van der Waals surface area contributed by atoms with Gasteiger partial charge in [0.05, 0.1) is 5.75 Å². The van der Waals surface area contributed by atoms with Crippen LogP contribution in [0, 0.1) is 19.8 Å². The van der Waals surface area contributed by atoms with Gasteiger partial charge in [-0.05, 0) is 37.0 Å². The topological polar surface area (TPSA) is 66.4 Å². The summed E-state index contributed by atoms with van der Waals surface area (Å²) in [6.07, 6.45) is 0. The summed E-state index contributed by atoms with van der Waals surface area (Å²) in [6.45, 7) is 7.62. The highest BCUT2D eigenvalue weighted by Gasteiger charge is 2.23.